The van der Waals surface area contributed by atoms with E-state index in [1.165, 1.54) is 21.0 Å². The first-order valence-electron chi connectivity index (χ1n) is 4.89. The van der Waals surface area contributed by atoms with Gasteiger partial charge in [-0.25, -0.2) is 0 Å². The van der Waals surface area contributed by atoms with Gasteiger partial charge in [-0.1, -0.05) is 6.92 Å². The third-order valence-electron chi connectivity index (χ3n) is 2.30. The zero-order valence-corrected chi connectivity index (χ0v) is 9.66. The van der Waals surface area contributed by atoms with E-state index in [1.54, 1.807) is 0 Å². The molecule has 0 aliphatic rings. The lowest BCUT2D eigenvalue weighted by molar-refractivity contribution is -0.153. The molecule has 0 heterocycles. The second-order valence-electron chi connectivity index (χ2n) is 3.96. The average molecular weight is 217 g/mol. The van der Waals surface area contributed by atoms with Gasteiger partial charge >= 0.3 is 5.97 Å². The Balaban J connectivity index is 4.40. The zero-order valence-electron chi connectivity index (χ0n) is 9.66. The number of carbonyl (C=O) groups is 2. The Labute approximate surface area is 89.8 Å². The molecule has 2 N–H and O–H groups in total. The van der Waals surface area contributed by atoms with Crippen LogP contribution in [0.15, 0.2) is 0 Å². The molecule has 0 aromatic carbocycles. The molecule has 0 radical (unpaired) electrons. The van der Waals surface area contributed by atoms with Gasteiger partial charge in [0.15, 0.2) is 0 Å². The van der Waals surface area contributed by atoms with Crippen molar-refractivity contribution in [1.29, 1.82) is 0 Å². The molecule has 0 rings (SSSR count). The van der Waals surface area contributed by atoms with Gasteiger partial charge in [-0.2, -0.15) is 0 Å². The molecule has 0 spiro atoms. The van der Waals surface area contributed by atoms with Crippen LogP contribution in [0.1, 0.15) is 27.2 Å². The number of ether oxygens (including phenoxy) is 1. The molecule has 0 fully saturated rings. The highest BCUT2D eigenvalue weighted by atomic mass is 16.5. The minimum Gasteiger partial charge on any atom is -0.480 e. The van der Waals surface area contributed by atoms with E-state index >= 15 is 0 Å². The number of carboxylic acids is 1. The molecule has 0 aromatic heterocycles. The maximum Gasteiger partial charge on any atom is 0.318 e. The van der Waals surface area contributed by atoms with Crippen molar-refractivity contribution in [1.82, 2.24) is 5.32 Å². The van der Waals surface area contributed by atoms with Crippen LogP contribution in [-0.4, -0.2) is 36.7 Å². The van der Waals surface area contributed by atoms with Gasteiger partial charge < -0.3 is 15.2 Å². The summed E-state index contributed by atoms with van der Waals surface area (Å²) in [5.74, 6) is -1.62. The third kappa shape index (κ3) is 3.87. The van der Waals surface area contributed by atoms with Crippen molar-refractivity contribution in [2.24, 2.45) is 5.41 Å². The fraction of sp³-hybridized carbons (Fsp3) is 0.800. The van der Waals surface area contributed by atoms with Crippen LogP contribution < -0.4 is 5.32 Å². The summed E-state index contributed by atoms with van der Waals surface area (Å²) in [5.41, 5.74) is -1.40. The van der Waals surface area contributed by atoms with Gasteiger partial charge in [0.05, 0.1) is 12.6 Å². The van der Waals surface area contributed by atoms with Crippen LogP contribution in [0.2, 0.25) is 0 Å². The molecule has 0 aliphatic heterocycles. The Hall–Kier alpha value is -1.10. The van der Waals surface area contributed by atoms with Gasteiger partial charge in [0.25, 0.3) is 0 Å². The predicted octanol–water partition coefficient (Wildman–Crippen LogP) is 0.638. The Morgan fingerprint density at radius 1 is 1.47 bits per heavy atom. The minimum atomic E-state index is -1.40. The topological polar surface area (TPSA) is 75.6 Å². The summed E-state index contributed by atoms with van der Waals surface area (Å²) in [5, 5.41) is 11.5. The molecule has 1 amide bonds. The summed E-state index contributed by atoms with van der Waals surface area (Å²) >= 11 is 0. The van der Waals surface area contributed by atoms with Crippen molar-refractivity contribution in [3.8, 4) is 0 Å². The number of rotatable bonds is 6. The van der Waals surface area contributed by atoms with Crippen molar-refractivity contribution in [3.63, 3.8) is 0 Å². The normalized spacial score (nSPS) is 13.3. The van der Waals surface area contributed by atoms with E-state index in [2.05, 4.69) is 5.32 Å². The summed E-state index contributed by atoms with van der Waals surface area (Å²) < 4.78 is 4.91. The van der Waals surface area contributed by atoms with E-state index in [4.69, 9.17) is 9.84 Å². The molecule has 5 heteroatoms. The van der Waals surface area contributed by atoms with Crippen molar-refractivity contribution in [2.45, 2.75) is 33.2 Å². The molecule has 15 heavy (non-hydrogen) atoms. The van der Waals surface area contributed by atoms with Gasteiger partial charge in [-0.15, -0.1) is 0 Å². The molecule has 88 valence electrons. The standard InChI is InChI=1S/C10H19NO4/c1-5-7(6-15-4)11-8(12)10(2,3)9(13)14/h7H,5-6H2,1-4H3,(H,11,12)(H,13,14). The van der Waals surface area contributed by atoms with Gasteiger partial charge in [-0.05, 0) is 20.3 Å². The lowest BCUT2D eigenvalue weighted by atomic mass is 9.92. The highest BCUT2D eigenvalue weighted by Gasteiger charge is 2.36. The molecule has 0 aromatic rings. The fourth-order valence-corrected chi connectivity index (χ4v) is 0.926. The number of methoxy groups -OCH3 is 1. The number of nitrogens with one attached hydrogen (secondary N) is 1. The second kappa shape index (κ2) is 5.70. The van der Waals surface area contributed by atoms with Gasteiger partial charge in [0.1, 0.15) is 5.41 Å². The fourth-order valence-electron chi connectivity index (χ4n) is 0.926. The van der Waals surface area contributed by atoms with E-state index in [0.29, 0.717) is 13.0 Å². The van der Waals surface area contributed by atoms with Crippen molar-refractivity contribution in [2.75, 3.05) is 13.7 Å². The molecule has 0 aliphatic carbocycles. The van der Waals surface area contributed by atoms with Crippen molar-refractivity contribution in [3.05, 3.63) is 0 Å². The Bertz CT molecular complexity index is 238. The SMILES string of the molecule is CCC(COC)NC(=O)C(C)(C)C(=O)O. The summed E-state index contributed by atoms with van der Waals surface area (Å²) in [6.45, 7) is 5.05. The van der Waals surface area contributed by atoms with Crippen LogP contribution in [0.25, 0.3) is 0 Å². The maximum absolute atomic E-state index is 11.6. The molecule has 5 nitrogen and oxygen atoms in total. The monoisotopic (exact) mass is 217 g/mol. The van der Waals surface area contributed by atoms with E-state index in [9.17, 15) is 9.59 Å². The molecule has 1 unspecified atom stereocenters. The van der Waals surface area contributed by atoms with Crippen LogP contribution in [0.4, 0.5) is 0 Å². The third-order valence-corrected chi connectivity index (χ3v) is 2.30. The summed E-state index contributed by atoms with van der Waals surface area (Å²) in [7, 11) is 1.54. The lowest BCUT2D eigenvalue weighted by Crippen LogP contribution is -2.47. The maximum atomic E-state index is 11.6. The molecular formula is C10H19NO4. The number of carboxylic acid groups (broad SMARTS) is 1. The number of hydrogen-bond donors (Lipinski definition) is 2. The molecule has 0 bridgehead atoms. The lowest BCUT2D eigenvalue weighted by Gasteiger charge is -2.23. The number of amides is 1. The van der Waals surface area contributed by atoms with Gasteiger partial charge in [-0.3, -0.25) is 9.59 Å². The Morgan fingerprint density at radius 3 is 2.33 bits per heavy atom. The van der Waals surface area contributed by atoms with Crippen LogP contribution in [0, 0.1) is 5.41 Å². The predicted molar refractivity (Wildman–Crippen MR) is 55.5 cm³/mol. The highest BCUT2D eigenvalue weighted by Crippen LogP contribution is 2.15. The van der Waals surface area contributed by atoms with E-state index in [-0.39, 0.29) is 6.04 Å². The van der Waals surface area contributed by atoms with Crippen LogP contribution in [-0.2, 0) is 14.3 Å². The number of aliphatic carboxylic acids is 1. The largest absolute Gasteiger partial charge is 0.480 e. The zero-order chi connectivity index (χ0) is 12.1. The van der Waals surface area contributed by atoms with Crippen LogP contribution in [0.3, 0.4) is 0 Å². The Kier molecular flexibility index (Phi) is 5.28. The van der Waals surface area contributed by atoms with E-state index in [1.807, 2.05) is 6.92 Å². The van der Waals surface area contributed by atoms with Gasteiger partial charge in [0, 0.05) is 7.11 Å². The average Bonchev–Trinajstić information content (AvgIpc) is 2.16. The minimum absolute atomic E-state index is 0.138. The molecular weight excluding hydrogens is 198 g/mol. The van der Waals surface area contributed by atoms with E-state index in [0.717, 1.165) is 0 Å². The van der Waals surface area contributed by atoms with Crippen molar-refractivity contribution < 1.29 is 19.4 Å². The smallest absolute Gasteiger partial charge is 0.318 e. The summed E-state index contributed by atoms with van der Waals surface area (Å²) in [6, 6.07) is -0.138. The van der Waals surface area contributed by atoms with Gasteiger partial charge in [0.2, 0.25) is 5.91 Å². The number of hydrogen-bond acceptors (Lipinski definition) is 3. The first kappa shape index (κ1) is 13.9. The first-order chi connectivity index (χ1) is 6.86. The Morgan fingerprint density at radius 2 is 2.00 bits per heavy atom. The van der Waals surface area contributed by atoms with Crippen molar-refractivity contribution >= 4 is 11.9 Å². The second-order valence-corrected chi connectivity index (χ2v) is 3.96. The first-order valence-corrected chi connectivity index (χ1v) is 4.89. The van der Waals surface area contributed by atoms with Crippen LogP contribution >= 0.6 is 0 Å². The number of carbonyl (C=O) groups excluding carboxylic acids is 1. The quantitative estimate of drug-likeness (QED) is 0.640. The summed E-state index contributed by atoms with van der Waals surface area (Å²) in [4.78, 5) is 22.4. The molecule has 0 saturated carbocycles. The van der Waals surface area contributed by atoms with Crippen LogP contribution in [0.5, 0.6) is 0 Å². The summed E-state index contributed by atoms with van der Waals surface area (Å²) in [6.07, 6.45) is 0.704. The molecule has 0 saturated heterocycles. The van der Waals surface area contributed by atoms with E-state index < -0.39 is 17.3 Å². The highest BCUT2D eigenvalue weighted by molar-refractivity contribution is 6.01. The molecule has 1 atom stereocenters.